The van der Waals surface area contributed by atoms with E-state index < -0.39 is 0 Å². The summed E-state index contributed by atoms with van der Waals surface area (Å²) in [4.78, 5) is 3.99. The molecule has 0 aliphatic carbocycles. The summed E-state index contributed by atoms with van der Waals surface area (Å²) in [6.45, 7) is 1.80. The quantitative estimate of drug-likeness (QED) is 0.469. The van der Waals surface area contributed by atoms with Gasteiger partial charge in [0.15, 0.2) is 0 Å². The van der Waals surface area contributed by atoms with Crippen LogP contribution in [0.2, 0.25) is 0 Å². The molecule has 0 unspecified atom stereocenters. The summed E-state index contributed by atoms with van der Waals surface area (Å²) in [5.41, 5.74) is 0.833. The van der Waals surface area contributed by atoms with Gasteiger partial charge in [-0.25, -0.2) is 4.98 Å². The Hall–Kier alpha value is -1.29. The standard InChI is InChI=1S/C8H7N/c1-2-5-8-6-3-4-7-9-8/h3-4,6-7H,1H3. The van der Waals surface area contributed by atoms with Crippen LogP contribution in [0.15, 0.2) is 24.4 Å². The van der Waals surface area contributed by atoms with E-state index in [-0.39, 0.29) is 0 Å². The Morgan fingerprint density at radius 3 is 2.89 bits per heavy atom. The van der Waals surface area contributed by atoms with Gasteiger partial charge in [0.2, 0.25) is 0 Å². The van der Waals surface area contributed by atoms with E-state index in [0.717, 1.165) is 5.69 Å². The van der Waals surface area contributed by atoms with E-state index in [9.17, 15) is 0 Å². The van der Waals surface area contributed by atoms with E-state index in [1.807, 2.05) is 18.2 Å². The Morgan fingerprint density at radius 2 is 2.33 bits per heavy atom. The van der Waals surface area contributed by atoms with Crippen LogP contribution in [0.1, 0.15) is 12.6 Å². The second-order valence-electron chi connectivity index (χ2n) is 1.59. The molecule has 0 aliphatic rings. The lowest BCUT2D eigenvalue weighted by atomic mass is 10.3. The van der Waals surface area contributed by atoms with Gasteiger partial charge < -0.3 is 0 Å². The SMILES string of the molecule is CC#Cc1ccccn1. The van der Waals surface area contributed by atoms with Crippen LogP contribution in [-0.4, -0.2) is 4.98 Å². The fraction of sp³-hybridized carbons (Fsp3) is 0.125. The maximum Gasteiger partial charge on any atom is 0.113 e. The van der Waals surface area contributed by atoms with Crippen molar-refractivity contribution in [3.05, 3.63) is 30.1 Å². The second-order valence-corrected chi connectivity index (χ2v) is 1.59. The zero-order valence-corrected chi connectivity index (χ0v) is 5.26. The van der Waals surface area contributed by atoms with Gasteiger partial charge >= 0.3 is 0 Å². The molecule has 1 rings (SSSR count). The molecule has 0 saturated heterocycles. The monoisotopic (exact) mass is 117 g/mol. The average molecular weight is 117 g/mol. The van der Waals surface area contributed by atoms with Crippen molar-refractivity contribution in [1.29, 1.82) is 0 Å². The van der Waals surface area contributed by atoms with Crippen molar-refractivity contribution in [3.63, 3.8) is 0 Å². The number of aromatic nitrogens is 1. The fourth-order valence-corrected chi connectivity index (χ4v) is 0.565. The predicted octanol–water partition coefficient (Wildman–Crippen LogP) is 1.45. The van der Waals surface area contributed by atoms with Crippen LogP contribution in [0.4, 0.5) is 0 Å². The molecule has 0 amide bonds. The van der Waals surface area contributed by atoms with Gasteiger partial charge in [0.05, 0.1) is 0 Å². The summed E-state index contributed by atoms with van der Waals surface area (Å²) in [5, 5.41) is 0. The van der Waals surface area contributed by atoms with E-state index >= 15 is 0 Å². The fourth-order valence-electron chi connectivity index (χ4n) is 0.565. The Balaban J connectivity index is 2.94. The number of hydrogen-bond donors (Lipinski definition) is 0. The summed E-state index contributed by atoms with van der Waals surface area (Å²) in [7, 11) is 0. The molecule has 0 bridgehead atoms. The Bertz CT molecular complexity index is 228. The summed E-state index contributed by atoms with van der Waals surface area (Å²) >= 11 is 0. The molecule has 1 heterocycles. The maximum absolute atomic E-state index is 3.99. The average Bonchev–Trinajstić information content (AvgIpc) is 1.91. The van der Waals surface area contributed by atoms with E-state index in [0.29, 0.717) is 0 Å². The number of pyridine rings is 1. The van der Waals surface area contributed by atoms with Crippen LogP contribution in [0, 0.1) is 11.8 Å². The molecule has 1 aromatic rings. The Kier molecular flexibility index (Phi) is 1.87. The van der Waals surface area contributed by atoms with Crippen molar-refractivity contribution in [2.75, 3.05) is 0 Å². The molecule has 0 aromatic carbocycles. The van der Waals surface area contributed by atoms with Crippen molar-refractivity contribution >= 4 is 0 Å². The number of rotatable bonds is 0. The third-order valence-corrected chi connectivity index (χ3v) is 0.918. The topological polar surface area (TPSA) is 12.9 Å². The molecule has 1 heteroatoms. The van der Waals surface area contributed by atoms with Crippen LogP contribution in [0.3, 0.4) is 0 Å². The third kappa shape index (κ3) is 1.58. The first-order chi connectivity index (χ1) is 4.43. The van der Waals surface area contributed by atoms with Crippen LogP contribution >= 0.6 is 0 Å². The molecule has 9 heavy (non-hydrogen) atoms. The van der Waals surface area contributed by atoms with Crippen LogP contribution in [0.25, 0.3) is 0 Å². The Morgan fingerprint density at radius 1 is 1.44 bits per heavy atom. The van der Waals surface area contributed by atoms with Gasteiger partial charge in [-0.1, -0.05) is 12.0 Å². The minimum Gasteiger partial charge on any atom is -0.248 e. The smallest absolute Gasteiger partial charge is 0.113 e. The van der Waals surface area contributed by atoms with Crippen molar-refractivity contribution in [3.8, 4) is 11.8 Å². The summed E-state index contributed by atoms with van der Waals surface area (Å²) in [6.07, 6.45) is 1.74. The molecule has 0 atom stereocenters. The van der Waals surface area contributed by atoms with Crippen molar-refractivity contribution < 1.29 is 0 Å². The lowest BCUT2D eigenvalue weighted by Crippen LogP contribution is -1.76. The maximum atomic E-state index is 3.99. The first-order valence-corrected chi connectivity index (χ1v) is 2.77. The summed E-state index contributed by atoms with van der Waals surface area (Å²) in [5.74, 6) is 5.62. The van der Waals surface area contributed by atoms with Crippen LogP contribution in [0.5, 0.6) is 0 Å². The lowest BCUT2D eigenvalue weighted by Gasteiger charge is -1.82. The van der Waals surface area contributed by atoms with Gasteiger partial charge in [0.1, 0.15) is 5.69 Å². The van der Waals surface area contributed by atoms with E-state index in [1.165, 1.54) is 0 Å². The highest BCUT2D eigenvalue weighted by atomic mass is 14.6. The molecule has 0 fully saturated rings. The van der Waals surface area contributed by atoms with E-state index in [2.05, 4.69) is 16.8 Å². The van der Waals surface area contributed by atoms with E-state index in [1.54, 1.807) is 13.1 Å². The number of nitrogens with zero attached hydrogens (tertiary/aromatic N) is 1. The van der Waals surface area contributed by atoms with Gasteiger partial charge in [-0.05, 0) is 25.0 Å². The lowest BCUT2D eigenvalue weighted by molar-refractivity contribution is 1.29. The highest BCUT2D eigenvalue weighted by Crippen LogP contribution is 1.87. The van der Waals surface area contributed by atoms with Gasteiger partial charge in [-0.2, -0.15) is 0 Å². The normalized spacial score (nSPS) is 7.67. The number of hydrogen-bond acceptors (Lipinski definition) is 1. The molecule has 0 radical (unpaired) electrons. The molecule has 0 aliphatic heterocycles. The van der Waals surface area contributed by atoms with Gasteiger partial charge in [0.25, 0.3) is 0 Å². The van der Waals surface area contributed by atoms with Crippen molar-refractivity contribution in [2.45, 2.75) is 6.92 Å². The largest absolute Gasteiger partial charge is 0.248 e. The molecule has 1 aromatic heterocycles. The zero-order chi connectivity index (χ0) is 6.53. The highest BCUT2D eigenvalue weighted by Gasteiger charge is 1.79. The zero-order valence-electron chi connectivity index (χ0n) is 5.26. The van der Waals surface area contributed by atoms with Gasteiger partial charge in [-0.15, -0.1) is 0 Å². The van der Waals surface area contributed by atoms with Crippen LogP contribution < -0.4 is 0 Å². The first-order valence-electron chi connectivity index (χ1n) is 2.77. The van der Waals surface area contributed by atoms with Crippen molar-refractivity contribution in [2.24, 2.45) is 0 Å². The molecule has 0 N–H and O–H groups in total. The molecule has 44 valence electrons. The summed E-state index contributed by atoms with van der Waals surface area (Å²) in [6, 6.07) is 5.68. The second kappa shape index (κ2) is 2.88. The summed E-state index contributed by atoms with van der Waals surface area (Å²) < 4.78 is 0. The van der Waals surface area contributed by atoms with Gasteiger partial charge in [0, 0.05) is 6.20 Å². The Labute approximate surface area is 54.7 Å². The molecule has 1 nitrogen and oxygen atoms in total. The van der Waals surface area contributed by atoms with Crippen molar-refractivity contribution in [1.82, 2.24) is 4.98 Å². The predicted molar refractivity (Wildman–Crippen MR) is 36.8 cm³/mol. The first kappa shape index (κ1) is 5.84. The minimum absolute atomic E-state index is 0.833. The molecular weight excluding hydrogens is 110 g/mol. The highest BCUT2D eigenvalue weighted by molar-refractivity contribution is 5.25. The molecular formula is C8H7N. The minimum atomic E-state index is 0.833. The molecule has 0 spiro atoms. The third-order valence-electron chi connectivity index (χ3n) is 0.918. The molecule has 0 saturated carbocycles. The van der Waals surface area contributed by atoms with Gasteiger partial charge in [-0.3, -0.25) is 0 Å². The van der Waals surface area contributed by atoms with Crippen LogP contribution in [-0.2, 0) is 0 Å². The van der Waals surface area contributed by atoms with E-state index in [4.69, 9.17) is 0 Å².